The van der Waals surface area contributed by atoms with Crippen LogP contribution in [0.1, 0.15) is 5.82 Å². The van der Waals surface area contributed by atoms with Gasteiger partial charge in [-0.1, -0.05) is 0 Å². The molecule has 0 aliphatic carbocycles. The van der Waals surface area contributed by atoms with E-state index in [9.17, 15) is 4.39 Å². The summed E-state index contributed by atoms with van der Waals surface area (Å²) in [6, 6.07) is 4.40. The van der Waals surface area contributed by atoms with E-state index in [4.69, 9.17) is 0 Å². The number of hydrogen-bond donors (Lipinski definition) is 1. The van der Waals surface area contributed by atoms with E-state index in [1.165, 1.54) is 12.1 Å². The Morgan fingerprint density at radius 3 is 3.09 bits per heavy atom. The molecule has 11 heavy (non-hydrogen) atoms. The van der Waals surface area contributed by atoms with E-state index in [1.54, 1.807) is 6.07 Å². The third-order valence-electron chi connectivity index (χ3n) is 1.49. The standard InChI is InChI=1S/C8H6FN2/c1-5-10-7-3-2-6(9)4-8(7)11-5/h2-4H,1H2,(H,10,11). The molecule has 0 unspecified atom stereocenters. The number of aromatic nitrogens is 2. The van der Waals surface area contributed by atoms with Crippen molar-refractivity contribution in [2.45, 2.75) is 0 Å². The van der Waals surface area contributed by atoms with Crippen molar-refractivity contribution in [1.82, 2.24) is 9.97 Å². The number of rotatable bonds is 0. The van der Waals surface area contributed by atoms with Crippen molar-refractivity contribution in [2.24, 2.45) is 0 Å². The molecule has 0 atom stereocenters. The number of benzene rings is 1. The minimum atomic E-state index is -0.263. The van der Waals surface area contributed by atoms with E-state index in [-0.39, 0.29) is 5.82 Å². The largest absolute Gasteiger partial charge is 0.342 e. The molecule has 0 amide bonds. The molecule has 0 bridgehead atoms. The van der Waals surface area contributed by atoms with Crippen molar-refractivity contribution in [3.8, 4) is 0 Å². The topological polar surface area (TPSA) is 28.7 Å². The van der Waals surface area contributed by atoms with Crippen molar-refractivity contribution in [1.29, 1.82) is 0 Å². The maximum absolute atomic E-state index is 12.6. The number of aromatic amines is 1. The maximum Gasteiger partial charge on any atom is 0.125 e. The zero-order valence-corrected chi connectivity index (χ0v) is 5.76. The Labute approximate surface area is 63.1 Å². The molecule has 0 aliphatic rings. The van der Waals surface area contributed by atoms with Crippen LogP contribution >= 0.6 is 0 Å². The van der Waals surface area contributed by atoms with Gasteiger partial charge in [-0.2, -0.15) is 0 Å². The summed E-state index contributed by atoms with van der Waals surface area (Å²) < 4.78 is 12.6. The smallest absolute Gasteiger partial charge is 0.125 e. The Bertz CT molecular complexity index is 392. The highest BCUT2D eigenvalue weighted by atomic mass is 19.1. The van der Waals surface area contributed by atoms with Crippen LogP contribution in [0.3, 0.4) is 0 Å². The molecule has 0 spiro atoms. The number of H-pyrrole nitrogens is 1. The van der Waals surface area contributed by atoms with Crippen LogP contribution in [0.4, 0.5) is 4.39 Å². The van der Waals surface area contributed by atoms with E-state index >= 15 is 0 Å². The molecule has 3 heteroatoms. The number of halogens is 1. The summed E-state index contributed by atoms with van der Waals surface area (Å²) in [4.78, 5) is 6.86. The van der Waals surface area contributed by atoms with E-state index in [2.05, 4.69) is 16.9 Å². The maximum atomic E-state index is 12.6. The lowest BCUT2D eigenvalue weighted by Crippen LogP contribution is -1.72. The fourth-order valence-electron chi connectivity index (χ4n) is 1.03. The zero-order valence-electron chi connectivity index (χ0n) is 5.76. The first-order valence-corrected chi connectivity index (χ1v) is 3.23. The Morgan fingerprint density at radius 2 is 2.27 bits per heavy atom. The van der Waals surface area contributed by atoms with Crippen molar-refractivity contribution in [3.05, 3.63) is 36.8 Å². The number of fused-ring (bicyclic) bond motifs is 1. The molecule has 1 N–H and O–H groups in total. The van der Waals surface area contributed by atoms with Crippen molar-refractivity contribution in [2.75, 3.05) is 0 Å². The second-order valence-corrected chi connectivity index (χ2v) is 2.34. The van der Waals surface area contributed by atoms with Gasteiger partial charge < -0.3 is 4.98 Å². The highest BCUT2D eigenvalue weighted by molar-refractivity contribution is 5.75. The molecule has 1 heterocycles. The van der Waals surface area contributed by atoms with Crippen molar-refractivity contribution in [3.63, 3.8) is 0 Å². The molecule has 0 fully saturated rings. The van der Waals surface area contributed by atoms with Crippen LogP contribution in [0.5, 0.6) is 0 Å². The van der Waals surface area contributed by atoms with Gasteiger partial charge in [0.05, 0.1) is 11.0 Å². The summed E-state index contributed by atoms with van der Waals surface area (Å²) in [5.74, 6) is 0.298. The second-order valence-electron chi connectivity index (χ2n) is 2.34. The zero-order chi connectivity index (χ0) is 7.84. The average molecular weight is 149 g/mol. The molecule has 1 aromatic carbocycles. The highest BCUT2D eigenvalue weighted by Gasteiger charge is 1.98. The lowest BCUT2D eigenvalue weighted by atomic mass is 10.3. The minimum Gasteiger partial charge on any atom is -0.342 e. The Kier molecular flexibility index (Phi) is 1.18. The normalized spacial score (nSPS) is 10.7. The quantitative estimate of drug-likeness (QED) is 0.608. The Morgan fingerprint density at radius 1 is 1.45 bits per heavy atom. The fourth-order valence-corrected chi connectivity index (χ4v) is 1.03. The van der Waals surface area contributed by atoms with Crippen molar-refractivity contribution >= 4 is 11.0 Å². The van der Waals surface area contributed by atoms with Crippen LogP contribution < -0.4 is 0 Å². The third kappa shape index (κ3) is 0.981. The highest BCUT2D eigenvalue weighted by Crippen LogP contribution is 2.11. The molecule has 2 rings (SSSR count). The first kappa shape index (κ1) is 6.34. The molecule has 2 aromatic rings. The van der Waals surface area contributed by atoms with Crippen LogP contribution in [0.15, 0.2) is 18.2 Å². The average Bonchev–Trinajstić information content (AvgIpc) is 2.27. The molecule has 1 radical (unpaired) electrons. The summed E-state index contributed by atoms with van der Waals surface area (Å²) in [7, 11) is 0. The number of imidazole rings is 1. The van der Waals surface area contributed by atoms with Gasteiger partial charge in [-0.25, -0.2) is 9.37 Å². The SMILES string of the molecule is [CH2]c1nc2ccc(F)cc2[nH]1. The van der Waals surface area contributed by atoms with Gasteiger partial charge in [-0.15, -0.1) is 0 Å². The lowest BCUT2D eigenvalue weighted by Gasteiger charge is -1.86. The van der Waals surface area contributed by atoms with Gasteiger partial charge >= 0.3 is 0 Å². The first-order valence-electron chi connectivity index (χ1n) is 3.23. The number of nitrogens with zero attached hydrogens (tertiary/aromatic N) is 1. The molecule has 0 saturated heterocycles. The molecule has 0 saturated carbocycles. The summed E-state index contributed by atoms with van der Waals surface area (Å²) in [6.45, 7) is 3.60. The van der Waals surface area contributed by atoms with Gasteiger partial charge in [-0.05, 0) is 18.2 Å². The van der Waals surface area contributed by atoms with E-state index in [0.717, 1.165) is 5.52 Å². The minimum absolute atomic E-state index is 0.263. The predicted octanol–water partition coefficient (Wildman–Crippen LogP) is 1.88. The van der Waals surface area contributed by atoms with Gasteiger partial charge in [0, 0.05) is 6.92 Å². The molecular formula is C8H6FN2. The summed E-state index contributed by atoms with van der Waals surface area (Å²) >= 11 is 0. The van der Waals surface area contributed by atoms with Crippen LogP contribution in [0, 0.1) is 12.7 Å². The second kappa shape index (κ2) is 2.05. The molecule has 0 aliphatic heterocycles. The number of hydrogen-bond acceptors (Lipinski definition) is 1. The van der Waals surface area contributed by atoms with E-state index < -0.39 is 0 Å². The van der Waals surface area contributed by atoms with Gasteiger partial charge in [0.2, 0.25) is 0 Å². The van der Waals surface area contributed by atoms with Crippen molar-refractivity contribution < 1.29 is 4.39 Å². The molecule has 1 aromatic heterocycles. The Hall–Kier alpha value is -1.38. The fraction of sp³-hybridized carbons (Fsp3) is 0. The van der Waals surface area contributed by atoms with Crippen LogP contribution in [-0.2, 0) is 0 Å². The molecular weight excluding hydrogens is 143 g/mol. The summed E-state index contributed by atoms with van der Waals surface area (Å²) in [5, 5.41) is 0. The molecule has 55 valence electrons. The van der Waals surface area contributed by atoms with Gasteiger partial charge in [0.15, 0.2) is 0 Å². The first-order chi connectivity index (χ1) is 5.25. The molecule has 2 nitrogen and oxygen atoms in total. The monoisotopic (exact) mass is 149 g/mol. The third-order valence-corrected chi connectivity index (χ3v) is 1.49. The van der Waals surface area contributed by atoms with Crippen LogP contribution in [0.25, 0.3) is 11.0 Å². The van der Waals surface area contributed by atoms with E-state index in [1.807, 2.05) is 0 Å². The lowest BCUT2D eigenvalue weighted by molar-refractivity contribution is 0.629. The summed E-state index contributed by atoms with van der Waals surface area (Å²) in [6.07, 6.45) is 0. The van der Waals surface area contributed by atoms with Gasteiger partial charge in [-0.3, -0.25) is 0 Å². The van der Waals surface area contributed by atoms with Gasteiger partial charge in [0.1, 0.15) is 11.6 Å². The van der Waals surface area contributed by atoms with Crippen LogP contribution in [0.2, 0.25) is 0 Å². The number of nitrogens with one attached hydrogen (secondary N) is 1. The van der Waals surface area contributed by atoms with Crippen LogP contribution in [-0.4, -0.2) is 9.97 Å². The van der Waals surface area contributed by atoms with E-state index in [0.29, 0.717) is 11.3 Å². The van der Waals surface area contributed by atoms with Gasteiger partial charge in [0.25, 0.3) is 0 Å². The Balaban J connectivity index is 2.82. The summed E-state index contributed by atoms with van der Waals surface area (Å²) in [5.41, 5.74) is 1.44. The predicted molar refractivity (Wildman–Crippen MR) is 40.5 cm³/mol.